The number of likely N-dealkylation sites (tertiary alicyclic amines) is 1. The third kappa shape index (κ3) is 2.95. The molecular formula is C14H17ClN2O4. The fraction of sp³-hybridized carbons (Fsp3) is 0.500. The van der Waals surface area contributed by atoms with Crippen LogP contribution in [-0.4, -0.2) is 41.3 Å². The molecular weight excluding hydrogens is 296 g/mol. The molecule has 7 heteroatoms. The van der Waals surface area contributed by atoms with Crippen molar-refractivity contribution in [2.24, 2.45) is 5.92 Å². The normalized spacial score (nSPS) is 21.4. The molecule has 2 atom stereocenters. The molecule has 1 aliphatic rings. The molecule has 0 N–H and O–H groups in total. The molecule has 21 heavy (non-hydrogen) atoms. The smallest absolute Gasteiger partial charge is 0.273 e. The zero-order chi connectivity index (χ0) is 15.6. The van der Waals surface area contributed by atoms with Crippen molar-refractivity contribution < 1.29 is 14.5 Å². The summed E-state index contributed by atoms with van der Waals surface area (Å²) in [5.74, 6) is 0.733. The van der Waals surface area contributed by atoms with Gasteiger partial charge >= 0.3 is 0 Å². The summed E-state index contributed by atoms with van der Waals surface area (Å²) in [6, 6.07) is 4.00. The summed E-state index contributed by atoms with van der Waals surface area (Å²) < 4.78 is 5.13. The Morgan fingerprint density at radius 2 is 2.29 bits per heavy atom. The van der Waals surface area contributed by atoms with Crippen molar-refractivity contribution in [3.8, 4) is 5.75 Å². The summed E-state index contributed by atoms with van der Waals surface area (Å²) in [5, 5.41) is 10.8. The van der Waals surface area contributed by atoms with E-state index in [2.05, 4.69) is 6.92 Å². The molecule has 0 spiro atoms. The number of rotatable bonds is 4. The Morgan fingerprint density at radius 1 is 1.57 bits per heavy atom. The van der Waals surface area contributed by atoms with E-state index >= 15 is 0 Å². The quantitative estimate of drug-likeness (QED) is 0.487. The molecule has 6 nitrogen and oxygen atoms in total. The third-order valence-corrected chi connectivity index (χ3v) is 4.24. The molecule has 1 heterocycles. The first-order valence-electron chi connectivity index (χ1n) is 6.69. The van der Waals surface area contributed by atoms with E-state index in [0.29, 0.717) is 23.9 Å². The summed E-state index contributed by atoms with van der Waals surface area (Å²) in [7, 11) is 1.39. The Morgan fingerprint density at radius 3 is 2.86 bits per heavy atom. The van der Waals surface area contributed by atoms with Crippen LogP contribution in [0.25, 0.3) is 0 Å². The molecule has 0 bridgehead atoms. The Labute approximate surface area is 127 Å². The Bertz CT molecular complexity index is 564. The second kappa shape index (κ2) is 6.30. The number of halogens is 1. The molecule has 1 saturated heterocycles. The standard InChI is InChI=1S/C14H17ClN2O4/c1-9-5-6-16(12(9)8-15)14(18)11-4-3-10(17(19)20)7-13(11)21-2/h3-4,7,9,12H,5-6,8H2,1-2H3. The van der Waals surface area contributed by atoms with E-state index in [0.717, 1.165) is 6.42 Å². The maximum Gasteiger partial charge on any atom is 0.273 e. The van der Waals surface area contributed by atoms with Crippen molar-refractivity contribution in [3.05, 3.63) is 33.9 Å². The second-order valence-electron chi connectivity index (χ2n) is 5.13. The Kier molecular flexibility index (Phi) is 4.67. The fourth-order valence-electron chi connectivity index (χ4n) is 2.62. The average molecular weight is 313 g/mol. The minimum atomic E-state index is -0.518. The van der Waals surface area contributed by atoms with Crippen LogP contribution in [-0.2, 0) is 0 Å². The van der Waals surface area contributed by atoms with Crippen LogP contribution in [0.4, 0.5) is 5.69 Å². The molecule has 1 amide bonds. The fourth-order valence-corrected chi connectivity index (χ4v) is 3.09. The van der Waals surface area contributed by atoms with E-state index in [1.54, 1.807) is 4.90 Å². The number of hydrogen-bond acceptors (Lipinski definition) is 4. The van der Waals surface area contributed by atoms with Gasteiger partial charge < -0.3 is 9.64 Å². The molecule has 1 fully saturated rings. The third-order valence-electron chi connectivity index (χ3n) is 3.93. The number of amides is 1. The number of carbonyl (C=O) groups is 1. The van der Waals surface area contributed by atoms with Crippen molar-refractivity contribution in [1.29, 1.82) is 0 Å². The zero-order valence-electron chi connectivity index (χ0n) is 11.9. The number of ether oxygens (including phenoxy) is 1. The van der Waals surface area contributed by atoms with Crippen LogP contribution < -0.4 is 4.74 Å². The van der Waals surface area contributed by atoms with Gasteiger partial charge in [-0.05, 0) is 18.4 Å². The highest BCUT2D eigenvalue weighted by molar-refractivity contribution is 6.18. The Balaban J connectivity index is 2.33. The van der Waals surface area contributed by atoms with Crippen LogP contribution in [0, 0.1) is 16.0 Å². The molecule has 114 valence electrons. The van der Waals surface area contributed by atoms with E-state index in [-0.39, 0.29) is 23.4 Å². The van der Waals surface area contributed by atoms with Gasteiger partial charge in [-0.25, -0.2) is 0 Å². The molecule has 0 aliphatic carbocycles. The van der Waals surface area contributed by atoms with Gasteiger partial charge in [-0.3, -0.25) is 14.9 Å². The maximum atomic E-state index is 12.6. The van der Waals surface area contributed by atoms with Crippen LogP contribution in [0.15, 0.2) is 18.2 Å². The van der Waals surface area contributed by atoms with Crippen molar-refractivity contribution in [3.63, 3.8) is 0 Å². The second-order valence-corrected chi connectivity index (χ2v) is 5.44. The lowest BCUT2D eigenvalue weighted by Gasteiger charge is -2.25. The van der Waals surface area contributed by atoms with Gasteiger partial charge in [0.25, 0.3) is 11.6 Å². The van der Waals surface area contributed by atoms with Crippen LogP contribution in [0.1, 0.15) is 23.7 Å². The number of non-ortho nitro benzene ring substituents is 1. The number of nitrogens with zero attached hydrogens (tertiary/aromatic N) is 2. The van der Waals surface area contributed by atoms with E-state index in [1.807, 2.05) is 0 Å². The molecule has 2 unspecified atom stereocenters. The minimum Gasteiger partial charge on any atom is -0.496 e. The topological polar surface area (TPSA) is 72.7 Å². The van der Waals surface area contributed by atoms with Crippen LogP contribution in [0.3, 0.4) is 0 Å². The number of alkyl halides is 1. The van der Waals surface area contributed by atoms with Crippen LogP contribution in [0.2, 0.25) is 0 Å². The lowest BCUT2D eigenvalue weighted by atomic mass is 10.0. The predicted molar refractivity (Wildman–Crippen MR) is 79.0 cm³/mol. The highest BCUT2D eigenvalue weighted by Crippen LogP contribution is 2.30. The number of nitro groups is 1. The average Bonchev–Trinajstić information content (AvgIpc) is 2.86. The number of carbonyl (C=O) groups excluding carboxylic acids is 1. The van der Waals surface area contributed by atoms with Crippen molar-refractivity contribution in [2.75, 3.05) is 19.5 Å². The first-order chi connectivity index (χ1) is 9.99. The summed E-state index contributed by atoms with van der Waals surface area (Å²) >= 11 is 5.95. The van der Waals surface area contributed by atoms with Crippen molar-refractivity contribution in [1.82, 2.24) is 4.90 Å². The largest absolute Gasteiger partial charge is 0.496 e. The van der Waals surface area contributed by atoms with Gasteiger partial charge in [0, 0.05) is 24.5 Å². The monoisotopic (exact) mass is 312 g/mol. The van der Waals surface area contributed by atoms with Crippen molar-refractivity contribution >= 4 is 23.2 Å². The SMILES string of the molecule is COc1cc([N+](=O)[O-])ccc1C(=O)N1CCC(C)C1CCl. The number of benzene rings is 1. The maximum absolute atomic E-state index is 12.6. The van der Waals surface area contributed by atoms with Gasteiger partial charge in [0.05, 0.1) is 23.7 Å². The number of hydrogen-bond donors (Lipinski definition) is 0. The first kappa shape index (κ1) is 15.6. The van der Waals surface area contributed by atoms with Gasteiger partial charge in [-0.15, -0.1) is 11.6 Å². The first-order valence-corrected chi connectivity index (χ1v) is 7.22. The minimum absolute atomic E-state index is 0.0148. The molecule has 2 rings (SSSR count). The van der Waals surface area contributed by atoms with Crippen LogP contribution >= 0.6 is 11.6 Å². The van der Waals surface area contributed by atoms with E-state index in [1.165, 1.54) is 25.3 Å². The summed E-state index contributed by atoms with van der Waals surface area (Å²) in [5.41, 5.74) is 0.222. The highest BCUT2D eigenvalue weighted by Gasteiger charge is 2.35. The van der Waals surface area contributed by atoms with E-state index in [4.69, 9.17) is 16.3 Å². The Hall–Kier alpha value is -1.82. The van der Waals surface area contributed by atoms with E-state index in [9.17, 15) is 14.9 Å². The van der Waals surface area contributed by atoms with Crippen LogP contribution in [0.5, 0.6) is 5.75 Å². The molecule has 1 aromatic carbocycles. The van der Waals surface area contributed by atoms with Gasteiger partial charge in [0.1, 0.15) is 5.75 Å². The summed E-state index contributed by atoms with van der Waals surface area (Å²) in [4.78, 5) is 24.6. The lowest BCUT2D eigenvalue weighted by Crippen LogP contribution is -2.38. The molecule has 1 aromatic rings. The van der Waals surface area contributed by atoms with E-state index < -0.39 is 4.92 Å². The van der Waals surface area contributed by atoms with Gasteiger partial charge in [0.15, 0.2) is 0 Å². The number of methoxy groups -OCH3 is 1. The molecule has 1 aliphatic heterocycles. The van der Waals surface area contributed by atoms with Gasteiger partial charge in [-0.2, -0.15) is 0 Å². The van der Waals surface area contributed by atoms with Gasteiger partial charge in [-0.1, -0.05) is 6.92 Å². The zero-order valence-corrected chi connectivity index (χ0v) is 12.7. The molecule has 0 aromatic heterocycles. The lowest BCUT2D eigenvalue weighted by molar-refractivity contribution is -0.384. The summed E-state index contributed by atoms with van der Waals surface area (Å²) in [6.45, 7) is 2.70. The molecule has 0 saturated carbocycles. The predicted octanol–water partition coefficient (Wildman–Crippen LogP) is 2.69. The van der Waals surface area contributed by atoms with Gasteiger partial charge in [0.2, 0.25) is 0 Å². The summed E-state index contributed by atoms with van der Waals surface area (Å²) in [6.07, 6.45) is 0.901. The number of nitro benzene ring substituents is 1. The van der Waals surface area contributed by atoms with Crippen molar-refractivity contribution in [2.45, 2.75) is 19.4 Å². The highest BCUT2D eigenvalue weighted by atomic mass is 35.5. The molecule has 0 radical (unpaired) electrons.